The Morgan fingerprint density at radius 3 is 2.57 bits per heavy atom. The maximum atomic E-state index is 13.0. The summed E-state index contributed by atoms with van der Waals surface area (Å²) in [4.78, 5) is 0.0588. The van der Waals surface area contributed by atoms with Gasteiger partial charge in [0.25, 0.3) is 0 Å². The summed E-state index contributed by atoms with van der Waals surface area (Å²) in [5.74, 6) is -0.269. The van der Waals surface area contributed by atoms with E-state index in [9.17, 15) is 12.8 Å². The van der Waals surface area contributed by atoms with Crippen molar-refractivity contribution in [1.82, 2.24) is 10.9 Å². The number of primary sulfonamides is 1. The maximum absolute atomic E-state index is 13.0. The molecular weight excluding hydrogens is 319 g/mol. The molecular formula is C15H17FN4O2S. The standard InChI is InChI=1S/C15H17FN4O2S/c16-11-6-4-10(5-7-11)14-9-15(20-19-14)18-12-2-1-3-13(8-12)23(17,21)22/h1-8,14-15,18-20H,9H2,(H2,17,21,22). The van der Waals surface area contributed by atoms with Crippen molar-refractivity contribution in [3.8, 4) is 0 Å². The molecule has 1 heterocycles. The van der Waals surface area contributed by atoms with E-state index in [0.717, 1.165) is 5.56 Å². The summed E-state index contributed by atoms with van der Waals surface area (Å²) in [6, 6.07) is 12.7. The molecule has 0 bridgehead atoms. The molecule has 2 unspecified atom stereocenters. The first-order valence-electron chi connectivity index (χ1n) is 7.08. The molecule has 122 valence electrons. The number of nitrogens with two attached hydrogens (primary N) is 1. The van der Waals surface area contributed by atoms with E-state index in [1.807, 2.05) is 0 Å². The number of rotatable bonds is 4. The quantitative estimate of drug-likeness (QED) is 0.678. The number of anilines is 1. The van der Waals surface area contributed by atoms with E-state index in [4.69, 9.17) is 5.14 Å². The van der Waals surface area contributed by atoms with Gasteiger partial charge in [-0.25, -0.2) is 28.8 Å². The van der Waals surface area contributed by atoms with Gasteiger partial charge < -0.3 is 5.32 Å². The third kappa shape index (κ3) is 3.85. The lowest BCUT2D eigenvalue weighted by molar-refractivity contribution is 0.562. The zero-order chi connectivity index (χ0) is 16.4. The zero-order valence-corrected chi connectivity index (χ0v) is 13.0. The molecule has 2 aromatic carbocycles. The summed E-state index contributed by atoms with van der Waals surface area (Å²) in [7, 11) is -3.73. The fourth-order valence-corrected chi connectivity index (χ4v) is 3.09. The first-order valence-corrected chi connectivity index (χ1v) is 8.62. The van der Waals surface area contributed by atoms with Crippen LogP contribution in [0.3, 0.4) is 0 Å². The van der Waals surface area contributed by atoms with Gasteiger partial charge in [0.05, 0.1) is 11.1 Å². The molecule has 0 radical (unpaired) electrons. The highest BCUT2D eigenvalue weighted by Crippen LogP contribution is 2.24. The molecule has 0 aliphatic carbocycles. The van der Waals surface area contributed by atoms with Gasteiger partial charge in [-0.1, -0.05) is 18.2 Å². The van der Waals surface area contributed by atoms with E-state index < -0.39 is 10.0 Å². The van der Waals surface area contributed by atoms with Crippen LogP contribution in [0.25, 0.3) is 0 Å². The van der Waals surface area contributed by atoms with E-state index in [-0.39, 0.29) is 22.9 Å². The minimum Gasteiger partial charge on any atom is -0.369 e. The normalized spacial score (nSPS) is 21.3. The molecule has 6 nitrogen and oxygen atoms in total. The van der Waals surface area contributed by atoms with Gasteiger partial charge in [-0.3, -0.25) is 0 Å². The SMILES string of the molecule is NS(=O)(=O)c1cccc(NC2CC(c3ccc(F)cc3)NN2)c1. The summed E-state index contributed by atoms with van der Waals surface area (Å²) >= 11 is 0. The average Bonchev–Trinajstić information content (AvgIpc) is 2.96. The molecule has 1 aliphatic heterocycles. The van der Waals surface area contributed by atoms with E-state index in [0.29, 0.717) is 12.1 Å². The molecule has 2 aromatic rings. The number of hydrogen-bond acceptors (Lipinski definition) is 5. The molecule has 0 saturated carbocycles. The van der Waals surface area contributed by atoms with Gasteiger partial charge in [-0.2, -0.15) is 0 Å². The molecule has 1 saturated heterocycles. The summed E-state index contributed by atoms with van der Waals surface area (Å²) in [6.45, 7) is 0. The first kappa shape index (κ1) is 15.9. The number of hydrogen-bond donors (Lipinski definition) is 4. The predicted molar refractivity (Wildman–Crippen MR) is 85.3 cm³/mol. The van der Waals surface area contributed by atoms with Gasteiger partial charge >= 0.3 is 0 Å². The fourth-order valence-electron chi connectivity index (χ4n) is 2.53. The van der Waals surface area contributed by atoms with Crippen LogP contribution in [0.1, 0.15) is 18.0 Å². The number of benzene rings is 2. The Morgan fingerprint density at radius 2 is 1.87 bits per heavy atom. The molecule has 0 aromatic heterocycles. The summed E-state index contributed by atoms with van der Waals surface area (Å²) in [5.41, 5.74) is 7.84. The predicted octanol–water partition coefficient (Wildman–Crippen LogP) is 1.45. The second-order valence-corrected chi connectivity index (χ2v) is 6.96. The lowest BCUT2D eigenvalue weighted by Gasteiger charge is -2.14. The van der Waals surface area contributed by atoms with Crippen LogP contribution in [0, 0.1) is 5.82 Å². The van der Waals surface area contributed by atoms with E-state index >= 15 is 0 Å². The molecule has 3 rings (SSSR count). The van der Waals surface area contributed by atoms with Crippen molar-refractivity contribution in [2.45, 2.75) is 23.5 Å². The van der Waals surface area contributed by atoms with Crippen molar-refractivity contribution in [2.24, 2.45) is 5.14 Å². The van der Waals surface area contributed by atoms with E-state index in [1.165, 1.54) is 24.3 Å². The summed E-state index contributed by atoms with van der Waals surface area (Å²) in [5, 5.41) is 8.33. The monoisotopic (exact) mass is 336 g/mol. The van der Waals surface area contributed by atoms with Gasteiger partial charge in [-0.05, 0) is 35.9 Å². The van der Waals surface area contributed by atoms with Gasteiger partial charge in [-0.15, -0.1) is 0 Å². The van der Waals surface area contributed by atoms with Crippen molar-refractivity contribution in [2.75, 3.05) is 5.32 Å². The molecule has 8 heteroatoms. The van der Waals surface area contributed by atoms with Crippen LogP contribution in [0.4, 0.5) is 10.1 Å². The van der Waals surface area contributed by atoms with Crippen molar-refractivity contribution >= 4 is 15.7 Å². The van der Waals surface area contributed by atoms with Crippen molar-refractivity contribution in [3.05, 3.63) is 59.9 Å². The molecule has 1 fully saturated rings. The van der Waals surface area contributed by atoms with Crippen LogP contribution in [0.15, 0.2) is 53.4 Å². The summed E-state index contributed by atoms with van der Waals surface area (Å²) in [6.07, 6.45) is 0.617. The second kappa shape index (κ2) is 6.25. The van der Waals surface area contributed by atoms with Crippen molar-refractivity contribution < 1.29 is 12.8 Å². The maximum Gasteiger partial charge on any atom is 0.238 e. The second-order valence-electron chi connectivity index (χ2n) is 5.40. The number of nitrogens with one attached hydrogen (secondary N) is 3. The minimum absolute atomic E-state index is 0.0366. The van der Waals surface area contributed by atoms with Gasteiger partial charge in [0.15, 0.2) is 0 Å². The van der Waals surface area contributed by atoms with Crippen LogP contribution in [-0.4, -0.2) is 14.6 Å². The highest BCUT2D eigenvalue weighted by molar-refractivity contribution is 7.89. The number of halogens is 1. The third-order valence-corrected chi connectivity index (χ3v) is 4.59. The van der Waals surface area contributed by atoms with Crippen molar-refractivity contribution in [3.63, 3.8) is 0 Å². The highest BCUT2D eigenvalue weighted by Gasteiger charge is 2.25. The largest absolute Gasteiger partial charge is 0.369 e. The van der Waals surface area contributed by atoms with Crippen LogP contribution in [-0.2, 0) is 10.0 Å². The third-order valence-electron chi connectivity index (χ3n) is 3.68. The molecule has 2 atom stereocenters. The van der Waals surface area contributed by atoms with Gasteiger partial charge in [0.2, 0.25) is 10.0 Å². The fraction of sp³-hybridized carbons (Fsp3) is 0.200. The molecule has 5 N–H and O–H groups in total. The zero-order valence-electron chi connectivity index (χ0n) is 12.2. The Balaban J connectivity index is 1.67. The van der Waals surface area contributed by atoms with Crippen LogP contribution in [0.5, 0.6) is 0 Å². The van der Waals surface area contributed by atoms with Gasteiger partial charge in [0.1, 0.15) is 5.82 Å². The molecule has 23 heavy (non-hydrogen) atoms. The Morgan fingerprint density at radius 1 is 1.13 bits per heavy atom. The first-order chi connectivity index (χ1) is 10.9. The smallest absolute Gasteiger partial charge is 0.238 e. The van der Waals surface area contributed by atoms with Crippen LogP contribution in [0.2, 0.25) is 0 Å². The molecule has 1 aliphatic rings. The van der Waals surface area contributed by atoms with E-state index in [1.54, 1.807) is 24.3 Å². The Hall–Kier alpha value is -2.00. The Kier molecular flexibility index (Phi) is 4.31. The van der Waals surface area contributed by atoms with Crippen molar-refractivity contribution in [1.29, 1.82) is 0 Å². The minimum atomic E-state index is -3.73. The topological polar surface area (TPSA) is 96.2 Å². The lowest BCUT2D eigenvalue weighted by Crippen LogP contribution is -2.35. The Labute approximate surface area is 133 Å². The van der Waals surface area contributed by atoms with Crippen LogP contribution < -0.4 is 21.3 Å². The van der Waals surface area contributed by atoms with E-state index in [2.05, 4.69) is 16.2 Å². The Bertz CT molecular complexity index is 795. The molecule has 0 spiro atoms. The number of sulfonamides is 1. The summed E-state index contributed by atoms with van der Waals surface area (Å²) < 4.78 is 35.7. The number of hydrazine groups is 1. The molecule has 0 amide bonds. The van der Waals surface area contributed by atoms with Crippen LogP contribution >= 0.6 is 0 Å². The lowest BCUT2D eigenvalue weighted by atomic mass is 10.0. The highest BCUT2D eigenvalue weighted by atomic mass is 32.2. The average molecular weight is 336 g/mol. The van der Waals surface area contributed by atoms with Gasteiger partial charge in [0, 0.05) is 18.2 Å².